The molecule has 132 valence electrons. The van der Waals surface area contributed by atoms with Crippen molar-refractivity contribution in [3.05, 3.63) is 59.7 Å². The molecule has 5 nitrogen and oxygen atoms in total. The van der Waals surface area contributed by atoms with Crippen molar-refractivity contribution >= 4 is 21.6 Å². The molecule has 0 radical (unpaired) electrons. The molecule has 0 atom stereocenters. The molecule has 1 N–H and O–H groups in total. The van der Waals surface area contributed by atoms with Crippen LogP contribution >= 0.6 is 0 Å². The molecule has 3 rings (SSSR count). The molecule has 1 saturated heterocycles. The molecule has 2 aromatic rings. The fraction of sp³-hybridized carbons (Fsp3) is 0.316. The van der Waals surface area contributed by atoms with Crippen LogP contribution in [0.3, 0.4) is 0 Å². The predicted octanol–water partition coefficient (Wildman–Crippen LogP) is 3.42. The number of anilines is 1. The quantitative estimate of drug-likeness (QED) is 0.911. The average Bonchev–Trinajstić information content (AvgIpc) is 2.64. The number of amides is 1. The van der Waals surface area contributed by atoms with E-state index in [1.807, 2.05) is 19.1 Å². The molecule has 0 saturated carbocycles. The van der Waals surface area contributed by atoms with Crippen LogP contribution in [-0.4, -0.2) is 31.7 Å². The van der Waals surface area contributed by atoms with E-state index < -0.39 is 15.9 Å². The van der Waals surface area contributed by atoms with Crippen molar-refractivity contribution in [1.29, 1.82) is 0 Å². The van der Waals surface area contributed by atoms with Gasteiger partial charge < -0.3 is 5.32 Å². The normalized spacial score (nSPS) is 15.7. The smallest absolute Gasteiger partial charge is 0.257 e. The lowest BCUT2D eigenvalue weighted by Crippen LogP contribution is -2.36. The van der Waals surface area contributed by atoms with Gasteiger partial charge >= 0.3 is 0 Å². The first-order valence-corrected chi connectivity index (χ1v) is 9.90. The number of benzene rings is 2. The second-order valence-corrected chi connectivity index (χ2v) is 8.19. The van der Waals surface area contributed by atoms with Crippen molar-refractivity contribution in [3.63, 3.8) is 0 Å². The van der Waals surface area contributed by atoms with Crippen LogP contribution in [0, 0.1) is 6.92 Å². The first-order chi connectivity index (χ1) is 12.0. The molecule has 0 spiro atoms. The number of piperidine rings is 1. The Bertz CT molecular complexity index is 854. The van der Waals surface area contributed by atoms with Gasteiger partial charge in [-0.25, -0.2) is 8.42 Å². The van der Waals surface area contributed by atoms with E-state index in [0.717, 1.165) is 24.8 Å². The molecule has 1 fully saturated rings. The molecule has 2 aromatic carbocycles. The molecule has 1 aliphatic heterocycles. The third kappa shape index (κ3) is 3.91. The molecule has 0 aliphatic carbocycles. The minimum absolute atomic E-state index is 0.0708. The maximum atomic E-state index is 13.0. The Kier molecular flexibility index (Phi) is 5.20. The summed E-state index contributed by atoms with van der Waals surface area (Å²) in [6.45, 7) is 2.98. The molecule has 0 bridgehead atoms. The number of rotatable bonds is 4. The summed E-state index contributed by atoms with van der Waals surface area (Å²) < 4.78 is 27.4. The molecule has 1 amide bonds. The van der Waals surface area contributed by atoms with E-state index >= 15 is 0 Å². The third-order valence-corrected chi connectivity index (χ3v) is 6.33. The van der Waals surface area contributed by atoms with Crippen molar-refractivity contribution in [1.82, 2.24) is 4.31 Å². The predicted molar refractivity (Wildman–Crippen MR) is 98.2 cm³/mol. The highest BCUT2D eigenvalue weighted by molar-refractivity contribution is 7.89. The molecular weight excluding hydrogens is 336 g/mol. The van der Waals surface area contributed by atoms with Crippen LogP contribution < -0.4 is 5.32 Å². The summed E-state index contributed by atoms with van der Waals surface area (Å²) in [5, 5.41) is 2.78. The molecule has 6 heteroatoms. The molecule has 1 heterocycles. The summed E-state index contributed by atoms with van der Waals surface area (Å²) in [6.07, 6.45) is 2.76. The number of nitrogens with one attached hydrogen (secondary N) is 1. The minimum atomic E-state index is -3.66. The van der Waals surface area contributed by atoms with Gasteiger partial charge in [-0.1, -0.05) is 36.2 Å². The van der Waals surface area contributed by atoms with Crippen molar-refractivity contribution in [2.24, 2.45) is 0 Å². The standard InChI is InChI=1S/C19H22N2O3S/c1-15-9-11-16(12-10-15)20-19(22)17-7-3-4-8-18(17)25(23,24)21-13-5-2-6-14-21/h3-4,7-12H,2,5-6,13-14H2,1H3,(H,20,22). The number of aryl methyl sites for hydroxylation is 1. The largest absolute Gasteiger partial charge is 0.322 e. The summed E-state index contributed by atoms with van der Waals surface area (Å²) in [6, 6.07) is 13.8. The van der Waals surface area contributed by atoms with Crippen LogP contribution in [0.2, 0.25) is 0 Å². The minimum Gasteiger partial charge on any atom is -0.322 e. The Morgan fingerprint density at radius 3 is 2.28 bits per heavy atom. The van der Waals surface area contributed by atoms with Crippen molar-refractivity contribution < 1.29 is 13.2 Å². The molecule has 0 unspecified atom stereocenters. The van der Waals surface area contributed by atoms with E-state index in [1.54, 1.807) is 30.3 Å². The van der Waals surface area contributed by atoms with Crippen LogP contribution in [0.1, 0.15) is 35.2 Å². The van der Waals surface area contributed by atoms with Crippen LogP contribution in [0.4, 0.5) is 5.69 Å². The van der Waals surface area contributed by atoms with Gasteiger partial charge in [0.05, 0.1) is 10.5 Å². The van der Waals surface area contributed by atoms with Crippen molar-refractivity contribution in [3.8, 4) is 0 Å². The maximum Gasteiger partial charge on any atom is 0.257 e. The first-order valence-electron chi connectivity index (χ1n) is 8.46. The van der Waals surface area contributed by atoms with Crippen LogP contribution in [-0.2, 0) is 10.0 Å². The fourth-order valence-corrected chi connectivity index (χ4v) is 4.67. The van der Waals surface area contributed by atoms with Gasteiger partial charge in [-0.3, -0.25) is 4.79 Å². The SMILES string of the molecule is Cc1ccc(NC(=O)c2ccccc2S(=O)(=O)N2CCCCC2)cc1. The van der Waals surface area contributed by atoms with E-state index in [1.165, 1.54) is 10.4 Å². The Balaban J connectivity index is 1.89. The van der Waals surface area contributed by atoms with Gasteiger partial charge in [0.15, 0.2) is 0 Å². The number of sulfonamides is 1. The second kappa shape index (κ2) is 7.37. The number of hydrogen-bond donors (Lipinski definition) is 1. The Morgan fingerprint density at radius 1 is 0.960 bits per heavy atom. The lowest BCUT2D eigenvalue weighted by molar-refractivity contribution is 0.102. The lowest BCUT2D eigenvalue weighted by atomic mass is 10.2. The molecule has 25 heavy (non-hydrogen) atoms. The highest BCUT2D eigenvalue weighted by atomic mass is 32.2. The van der Waals surface area contributed by atoms with Gasteiger partial charge in [-0.05, 0) is 44.0 Å². The number of carbonyl (C=O) groups excluding carboxylic acids is 1. The monoisotopic (exact) mass is 358 g/mol. The molecular formula is C19H22N2O3S. The van der Waals surface area contributed by atoms with Gasteiger partial charge in [0.1, 0.15) is 0 Å². The Morgan fingerprint density at radius 2 is 1.60 bits per heavy atom. The third-order valence-electron chi connectivity index (χ3n) is 4.37. The second-order valence-electron chi connectivity index (χ2n) is 6.28. The average molecular weight is 358 g/mol. The zero-order valence-electron chi connectivity index (χ0n) is 14.2. The van der Waals surface area contributed by atoms with E-state index in [-0.39, 0.29) is 10.5 Å². The highest BCUT2D eigenvalue weighted by Gasteiger charge is 2.29. The topological polar surface area (TPSA) is 66.5 Å². The number of carbonyl (C=O) groups is 1. The van der Waals surface area contributed by atoms with E-state index in [2.05, 4.69) is 5.32 Å². The number of nitrogens with zero attached hydrogens (tertiary/aromatic N) is 1. The summed E-state index contributed by atoms with van der Waals surface area (Å²) in [5.74, 6) is -0.417. The van der Waals surface area contributed by atoms with Gasteiger partial charge in [0.2, 0.25) is 10.0 Å². The lowest BCUT2D eigenvalue weighted by Gasteiger charge is -2.26. The summed E-state index contributed by atoms with van der Waals surface area (Å²) >= 11 is 0. The highest BCUT2D eigenvalue weighted by Crippen LogP contribution is 2.24. The summed E-state index contributed by atoms with van der Waals surface area (Å²) in [5.41, 5.74) is 1.90. The van der Waals surface area contributed by atoms with Crippen LogP contribution in [0.25, 0.3) is 0 Å². The van der Waals surface area contributed by atoms with Gasteiger partial charge in [-0.2, -0.15) is 4.31 Å². The maximum absolute atomic E-state index is 13.0. The van der Waals surface area contributed by atoms with Crippen molar-refractivity contribution in [2.45, 2.75) is 31.1 Å². The first kappa shape index (κ1) is 17.6. The van der Waals surface area contributed by atoms with E-state index in [0.29, 0.717) is 18.8 Å². The van der Waals surface area contributed by atoms with Crippen molar-refractivity contribution in [2.75, 3.05) is 18.4 Å². The zero-order chi connectivity index (χ0) is 17.9. The van der Waals surface area contributed by atoms with Gasteiger partial charge in [0, 0.05) is 18.8 Å². The van der Waals surface area contributed by atoms with E-state index in [4.69, 9.17) is 0 Å². The van der Waals surface area contributed by atoms with Gasteiger partial charge in [0.25, 0.3) is 5.91 Å². The Hall–Kier alpha value is -2.18. The number of hydrogen-bond acceptors (Lipinski definition) is 3. The Labute approximate surface area is 148 Å². The summed E-state index contributed by atoms with van der Waals surface area (Å²) in [4.78, 5) is 12.7. The summed E-state index contributed by atoms with van der Waals surface area (Å²) in [7, 11) is -3.66. The molecule has 1 aliphatic rings. The molecule has 0 aromatic heterocycles. The zero-order valence-corrected chi connectivity index (χ0v) is 15.1. The fourth-order valence-electron chi connectivity index (χ4n) is 2.96. The van der Waals surface area contributed by atoms with Gasteiger partial charge in [-0.15, -0.1) is 0 Å². The van der Waals surface area contributed by atoms with Crippen LogP contribution in [0.5, 0.6) is 0 Å². The van der Waals surface area contributed by atoms with Crippen LogP contribution in [0.15, 0.2) is 53.4 Å². The van der Waals surface area contributed by atoms with E-state index in [9.17, 15) is 13.2 Å².